The molecular formula is C10H10BrNO5. The van der Waals surface area contributed by atoms with E-state index in [2.05, 4.69) is 15.9 Å². The third-order valence-electron chi connectivity index (χ3n) is 1.92. The molecule has 0 saturated heterocycles. The molecule has 0 spiro atoms. The van der Waals surface area contributed by atoms with Gasteiger partial charge in [0.2, 0.25) is 5.75 Å². The largest absolute Gasteiger partial charge is 0.482 e. The van der Waals surface area contributed by atoms with Crippen LogP contribution in [0.25, 0.3) is 0 Å². The quantitative estimate of drug-likeness (QED) is 0.667. The van der Waals surface area contributed by atoms with E-state index in [-0.39, 0.29) is 17.9 Å². The molecule has 0 heterocycles. The van der Waals surface area contributed by atoms with Crippen LogP contribution in [0.15, 0.2) is 22.7 Å². The SMILES string of the molecule is C[C@@H](CC(=O)O)Oc1c(Br)cccc1[N+](=O)[O-]. The van der Waals surface area contributed by atoms with E-state index < -0.39 is 17.0 Å². The first kappa shape index (κ1) is 13.4. The fraction of sp³-hybridized carbons (Fsp3) is 0.300. The number of para-hydroxylation sites is 1. The Morgan fingerprint density at radius 1 is 1.65 bits per heavy atom. The number of hydrogen-bond acceptors (Lipinski definition) is 4. The third kappa shape index (κ3) is 3.70. The maximum Gasteiger partial charge on any atom is 0.312 e. The topological polar surface area (TPSA) is 89.7 Å². The normalized spacial score (nSPS) is 11.9. The van der Waals surface area contributed by atoms with Crippen molar-refractivity contribution in [3.63, 3.8) is 0 Å². The summed E-state index contributed by atoms with van der Waals surface area (Å²) in [5, 5.41) is 19.4. The van der Waals surface area contributed by atoms with Gasteiger partial charge >= 0.3 is 11.7 Å². The van der Waals surface area contributed by atoms with Crippen LogP contribution in [0, 0.1) is 10.1 Å². The lowest BCUT2D eigenvalue weighted by atomic mass is 10.2. The number of carboxylic acids is 1. The monoisotopic (exact) mass is 303 g/mol. The molecule has 0 unspecified atom stereocenters. The van der Waals surface area contributed by atoms with Crippen LogP contribution in [0.3, 0.4) is 0 Å². The number of aliphatic carboxylic acids is 1. The Balaban J connectivity index is 2.96. The van der Waals surface area contributed by atoms with Crippen LogP contribution in [0.5, 0.6) is 5.75 Å². The first-order valence-corrected chi connectivity index (χ1v) is 5.52. The predicted octanol–water partition coefficient (Wildman–Crippen LogP) is 2.60. The zero-order valence-corrected chi connectivity index (χ0v) is 10.5. The van der Waals surface area contributed by atoms with Crippen LogP contribution in [0.1, 0.15) is 13.3 Å². The summed E-state index contributed by atoms with van der Waals surface area (Å²) in [4.78, 5) is 20.7. The summed E-state index contributed by atoms with van der Waals surface area (Å²) >= 11 is 3.13. The van der Waals surface area contributed by atoms with Gasteiger partial charge in [0.1, 0.15) is 6.10 Å². The molecular weight excluding hydrogens is 294 g/mol. The van der Waals surface area contributed by atoms with Crippen molar-refractivity contribution >= 4 is 27.6 Å². The molecule has 0 aliphatic rings. The molecule has 1 aromatic carbocycles. The van der Waals surface area contributed by atoms with Crippen LogP contribution in [-0.4, -0.2) is 22.1 Å². The fourth-order valence-corrected chi connectivity index (χ4v) is 1.70. The summed E-state index contributed by atoms with van der Waals surface area (Å²) < 4.78 is 5.70. The van der Waals surface area contributed by atoms with Crippen LogP contribution in [0.4, 0.5) is 5.69 Å². The molecule has 7 heteroatoms. The van der Waals surface area contributed by atoms with Gasteiger partial charge in [0, 0.05) is 6.07 Å². The maximum atomic E-state index is 10.8. The number of carbonyl (C=O) groups is 1. The van der Waals surface area contributed by atoms with Crippen LogP contribution in [-0.2, 0) is 4.79 Å². The highest BCUT2D eigenvalue weighted by molar-refractivity contribution is 9.10. The second-order valence-corrected chi connectivity index (χ2v) is 4.23. The van der Waals surface area contributed by atoms with Gasteiger partial charge in [0.25, 0.3) is 0 Å². The molecule has 17 heavy (non-hydrogen) atoms. The molecule has 0 aromatic heterocycles. The molecule has 0 radical (unpaired) electrons. The Bertz CT molecular complexity index is 448. The predicted molar refractivity (Wildman–Crippen MR) is 63.1 cm³/mol. The maximum absolute atomic E-state index is 10.8. The molecule has 1 atom stereocenters. The molecule has 0 bridgehead atoms. The van der Waals surface area contributed by atoms with E-state index in [4.69, 9.17) is 9.84 Å². The summed E-state index contributed by atoms with van der Waals surface area (Å²) in [7, 11) is 0. The number of nitro benzene ring substituents is 1. The van der Waals surface area contributed by atoms with Gasteiger partial charge in [0.05, 0.1) is 15.8 Å². The number of carboxylic acid groups (broad SMARTS) is 1. The molecule has 1 rings (SSSR count). The minimum atomic E-state index is -1.02. The van der Waals surface area contributed by atoms with Gasteiger partial charge in [0.15, 0.2) is 0 Å². The fourth-order valence-electron chi connectivity index (χ4n) is 1.25. The van der Waals surface area contributed by atoms with Crippen molar-refractivity contribution in [2.45, 2.75) is 19.4 Å². The Labute approximate surface area is 105 Å². The Morgan fingerprint density at radius 3 is 2.82 bits per heavy atom. The van der Waals surface area contributed by atoms with Gasteiger partial charge in [-0.2, -0.15) is 0 Å². The van der Waals surface area contributed by atoms with E-state index in [1.54, 1.807) is 6.07 Å². The number of nitrogens with zero attached hydrogens (tertiary/aromatic N) is 1. The van der Waals surface area contributed by atoms with E-state index in [0.29, 0.717) is 4.47 Å². The Morgan fingerprint density at radius 2 is 2.29 bits per heavy atom. The summed E-state index contributed by atoms with van der Waals surface area (Å²) in [6.07, 6.45) is -0.872. The third-order valence-corrected chi connectivity index (χ3v) is 2.55. The highest BCUT2D eigenvalue weighted by Gasteiger charge is 2.20. The number of ether oxygens (including phenoxy) is 1. The van der Waals surface area contributed by atoms with Crippen LogP contribution in [0.2, 0.25) is 0 Å². The summed E-state index contributed by atoms with van der Waals surface area (Å²) in [5.74, 6) is -0.974. The van der Waals surface area contributed by atoms with Crippen molar-refractivity contribution in [1.29, 1.82) is 0 Å². The molecule has 0 aliphatic heterocycles. The number of rotatable bonds is 5. The van der Waals surface area contributed by atoms with Gasteiger partial charge in [-0.05, 0) is 28.9 Å². The van der Waals surface area contributed by atoms with E-state index >= 15 is 0 Å². The van der Waals surface area contributed by atoms with E-state index in [1.807, 2.05) is 0 Å². The molecule has 1 N–H and O–H groups in total. The van der Waals surface area contributed by atoms with Gasteiger partial charge < -0.3 is 9.84 Å². The number of halogens is 1. The van der Waals surface area contributed by atoms with E-state index in [0.717, 1.165) is 0 Å². The van der Waals surface area contributed by atoms with Gasteiger partial charge in [-0.15, -0.1) is 0 Å². The molecule has 0 fully saturated rings. The molecule has 0 amide bonds. The second-order valence-electron chi connectivity index (χ2n) is 3.37. The van der Waals surface area contributed by atoms with Crippen LogP contribution < -0.4 is 4.74 Å². The van der Waals surface area contributed by atoms with E-state index in [1.165, 1.54) is 19.1 Å². The average molecular weight is 304 g/mol. The lowest BCUT2D eigenvalue weighted by Gasteiger charge is -2.13. The summed E-state index contributed by atoms with van der Waals surface area (Å²) in [5.41, 5.74) is -0.198. The number of hydrogen-bond donors (Lipinski definition) is 1. The zero-order chi connectivity index (χ0) is 13.0. The highest BCUT2D eigenvalue weighted by Crippen LogP contribution is 2.35. The van der Waals surface area contributed by atoms with Gasteiger partial charge in [-0.1, -0.05) is 6.07 Å². The highest BCUT2D eigenvalue weighted by atomic mass is 79.9. The second kappa shape index (κ2) is 5.62. The standard InChI is InChI=1S/C10H10BrNO5/c1-6(5-9(13)14)17-10-7(11)3-2-4-8(10)12(15)16/h2-4,6H,5H2,1H3,(H,13,14)/t6-/m0/s1. The first-order chi connectivity index (χ1) is 7.91. The number of benzene rings is 1. The van der Waals surface area contributed by atoms with Gasteiger partial charge in [-0.3, -0.25) is 14.9 Å². The molecule has 0 aliphatic carbocycles. The summed E-state index contributed by atoms with van der Waals surface area (Å²) in [6.45, 7) is 1.54. The smallest absolute Gasteiger partial charge is 0.312 e. The molecule has 0 saturated carbocycles. The van der Waals surface area contributed by atoms with E-state index in [9.17, 15) is 14.9 Å². The average Bonchev–Trinajstić information content (AvgIpc) is 2.19. The minimum absolute atomic E-state index is 0.0475. The van der Waals surface area contributed by atoms with Crippen molar-refractivity contribution in [2.24, 2.45) is 0 Å². The lowest BCUT2D eigenvalue weighted by molar-refractivity contribution is -0.386. The molecule has 92 valence electrons. The van der Waals surface area contributed by atoms with Crippen molar-refractivity contribution in [3.8, 4) is 5.75 Å². The Kier molecular flexibility index (Phi) is 4.45. The lowest BCUT2D eigenvalue weighted by Crippen LogP contribution is -2.17. The first-order valence-electron chi connectivity index (χ1n) is 4.73. The zero-order valence-electron chi connectivity index (χ0n) is 8.92. The van der Waals surface area contributed by atoms with Gasteiger partial charge in [-0.25, -0.2) is 0 Å². The van der Waals surface area contributed by atoms with Crippen molar-refractivity contribution in [1.82, 2.24) is 0 Å². The number of nitro groups is 1. The van der Waals surface area contributed by atoms with Crippen molar-refractivity contribution in [2.75, 3.05) is 0 Å². The van der Waals surface area contributed by atoms with Crippen molar-refractivity contribution < 1.29 is 19.6 Å². The Hall–Kier alpha value is -1.63. The van der Waals surface area contributed by atoms with Crippen molar-refractivity contribution in [3.05, 3.63) is 32.8 Å². The van der Waals surface area contributed by atoms with Crippen LogP contribution >= 0.6 is 15.9 Å². The minimum Gasteiger partial charge on any atom is -0.482 e. The molecule has 6 nitrogen and oxygen atoms in total. The molecule has 1 aromatic rings. The summed E-state index contributed by atoms with van der Waals surface area (Å²) in [6, 6.07) is 4.40.